The number of rotatable bonds is 6. The summed E-state index contributed by atoms with van der Waals surface area (Å²) < 4.78 is 31.4. The molecule has 1 aromatic heterocycles. The van der Waals surface area contributed by atoms with Crippen molar-refractivity contribution in [1.29, 1.82) is 0 Å². The highest BCUT2D eigenvalue weighted by Gasteiger charge is 2.29. The average molecular weight is 423 g/mol. The van der Waals surface area contributed by atoms with Gasteiger partial charge >= 0.3 is 5.97 Å². The van der Waals surface area contributed by atoms with Crippen LogP contribution in [-0.2, 0) is 14.8 Å². The SMILES string of the molecule is COC(=O)c1ccc(C(=O)NCC2CCN(S(=O)(=O)c3ccccc3)CC2)s1. The van der Waals surface area contributed by atoms with E-state index in [9.17, 15) is 18.0 Å². The molecule has 1 saturated heterocycles. The van der Waals surface area contributed by atoms with Gasteiger partial charge in [0.2, 0.25) is 10.0 Å². The van der Waals surface area contributed by atoms with Gasteiger partial charge in [-0.2, -0.15) is 4.31 Å². The number of carbonyl (C=O) groups is 2. The van der Waals surface area contributed by atoms with Gasteiger partial charge in [-0.3, -0.25) is 4.79 Å². The number of methoxy groups -OCH3 is 1. The molecule has 1 aliphatic heterocycles. The Kier molecular flexibility index (Phi) is 6.48. The molecule has 1 amide bonds. The Balaban J connectivity index is 1.50. The van der Waals surface area contributed by atoms with Gasteiger partial charge in [0.05, 0.1) is 16.9 Å². The molecular formula is C19H22N2O5S2. The largest absolute Gasteiger partial charge is 0.465 e. The third kappa shape index (κ3) is 4.60. The normalized spacial score (nSPS) is 15.9. The predicted molar refractivity (Wildman–Crippen MR) is 106 cm³/mol. The Hall–Kier alpha value is -2.23. The minimum Gasteiger partial charge on any atom is -0.465 e. The molecular weight excluding hydrogens is 400 g/mol. The number of ether oxygens (including phenoxy) is 1. The Labute approximate surface area is 168 Å². The van der Waals surface area contributed by atoms with Crippen LogP contribution in [0.5, 0.6) is 0 Å². The fourth-order valence-corrected chi connectivity index (χ4v) is 5.42. The first-order chi connectivity index (χ1) is 13.4. The van der Waals surface area contributed by atoms with Gasteiger partial charge in [0.1, 0.15) is 4.88 Å². The van der Waals surface area contributed by atoms with E-state index in [1.165, 1.54) is 11.4 Å². The van der Waals surface area contributed by atoms with Crippen molar-refractivity contribution in [3.8, 4) is 0 Å². The molecule has 0 atom stereocenters. The molecule has 28 heavy (non-hydrogen) atoms. The summed E-state index contributed by atoms with van der Waals surface area (Å²) in [6.07, 6.45) is 1.37. The van der Waals surface area contributed by atoms with Crippen molar-refractivity contribution < 1.29 is 22.7 Å². The summed E-state index contributed by atoms with van der Waals surface area (Å²) in [6.45, 7) is 1.34. The van der Waals surface area contributed by atoms with Crippen LogP contribution in [-0.4, -0.2) is 51.3 Å². The summed E-state index contributed by atoms with van der Waals surface area (Å²) in [6, 6.07) is 11.6. The van der Waals surface area contributed by atoms with E-state index in [0.29, 0.717) is 47.1 Å². The van der Waals surface area contributed by atoms with Crippen molar-refractivity contribution in [3.63, 3.8) is 0 Å². The zero-order valence-electron chi connectivity index (χ0n) is 15.5. The number of nitrogens with zero attached hydrogens (tertiary/aromatic N) is 1. The maximum Gasteiger partial charge on any atom is 0.348 e. The number of nitrogens with one attached hydrogen (secondary N) is 1. The summed E-state index contributed by atoms with van der Waals surface area (Å²) in [5.74, 6) is -0.484. The minimum atomic E-state index is -3.46. The van der Waals surface area contributed by atoms with Gasteiger partial charge in [-0.1, -0.05) is 18.2 Å². The van der Waals surface area contributed by atoms with Crippen LogP contribution in [0.25, 0.3) is 0 Å². The van der Waals surface area contributed by atoms with Crippen LogP contribution in [0.4, 0.5) is 0 Å². The van der Waals surface area contributed by atoms with Crippen molar-refractivity contribution >= 4 is 33.2 Å². The first kappa shape index (κ1) is 20.5. The Bertz CT molecular complexity index is 932. The van der Waals surface area contributed by atoms with Crippen molar-refractivity contribution in [1.82, 2.24) is 9.62 Å². The summed E-state index contributed by atoms with van der Waals surface area (Å²) in [4.78, 5) is 24.9. The van der Waals surface area contributed by atoms with Gasteiger partial charge in [0.25, 0.3) is 5.91 Å². The van der Waals surface area contributed by atoms with E-state index in [4.69, 9.17) is 0 Å². The first-order valence-electron chi connectivity index (χ1n) is 8.93. The second-order valence-electron chi connectivity index (χ2n) is 6.53. The fraction of sp³-hybridized carbons (Fsp3) is 0.368. The highest BCUT2D eigenvalue weighted by molar-refractivity contribution is 7.89. The maximum atomic E-state index is 12.6. The maximum absolute atomic E-state index is 12.6. The van der Waals surface area contributed by atoms with E-state index in [2.05, 4.69) is 10.1 Å². The summed E-state index contributed by atoms with van der Waals surface area (Å²) in [5.41, 5.74) is 0. The van der Waals surface area contributed by atoms with Crippen LogP contribution >= 0.6 is 11.3 Å². The van der Waals surface area contributed by atoms with Crippen LogP contribution in [0.15, 0.2) is 47.4 Å². The standard InChI is InChI=1S/C19H22N2O5S2/c1-26-19(23)17-8-7-16(27-17)18(22)20-13-14-9-11-21(12-10-14)28(24,25)15-5-3-2-4-6-15/h2-8,14H,9-13H2,1H3,(H,20,22). The van der Waals surface area contributed by atoms with Gasteiger partial charge in [0.15, 0.2) is 0 Å². The Morgan fingerprint density at radius 1 is 1.11 bits per heavy atom. The van der Waals surface area contributed by atoms with Crippen molar-refractivity contribution in [2.24, 2.45) is 5.92 Å². The molecule has 1 N–H and O–H groups in total. The molecule has 1 aromatic carbocycles. The molecule has 3 rings (SSSR count). The molecule has 0 aliphatic carbocycles. The number of amides is 1. The molecule has 2 aromatic rings. The molecule has 1 fully saturated rings. The molecule has 0 bridgehead atoms. The number of carbonyl (C=O) groups excluding carboxylic acids is 2. The minimum absolute atomic E-state index is 0.214. The number of benzene rings is 1. The molecule has 0 unspecified atom stereocenters. The van der Waals surface area contributed by atoms with E-state index >= 15 is 0 Å². The molecule has 7 nitrogen and oxygen atoms in total. The van der Waals surface area contributed by atoms with Gasteiger partial charge in [-0.05, 0) is 43.0 Å². The first-order valence-corrected chi connectivity index (χ1v) is 11.2. The van der Waals surface area contributed by atoms with Crippen LogP contribution in [0.2, 0.25) is 0 Å². The number of sulfonamides is 1. The number of hydrogen-bond acceptors (Lipinski definition) is 6. The second kappa shape index (κ2) is 8.85. The summed E-state index contributed by atoms with van der Waals surface area (Å²) >= 11 is 1.09. The molecule has 0 radical (unpaired) electrons. The van der Waals surface area contributed by atoms with Crippen molar-refractivity contribution in [3.05, 3.63) is 52.2 Å². The molecule has 150 valence electrons. The van der Waals surface area contributed by atoms with Crippen LogP contribution < -0.4 is 5.32 Å². The van der Waals surface area contributed by atoms with E-state index in [1.54, 1.807) is 42.5 Å². The summed E-state index contributed by atoms with van der Waals surface area (Å²) in [7, 11) is -2.17. The predicted octanol–water partition coefficient (Wildman–Crippen LogP) is 2.37. The number of hydrogen-bond donors (Lipinski definition) is 1. The third-order valence-corrected chi connectivity index (χ3v) is 7.70. The third-order valence-electron chi connectivity index (χ3n) is 4.72. The van der Waals surface area contributed by atoms with Crippen molar-refractivity contribution in [2.45, 2.75) is 17.7 Å². The molecule has 2 heterocycles. The number of piperidine rings is 1. The highest BCUT2D eigenvalue weighted by Crippen LogP contribution is 2.24. The topological polar surface area (TPSA) is 92.8 Å². The quantitative estimate of drug-likeness (QED) is 0.722. The summed E-state index contributed by atoms with van der Waals surface area (Å²) in [5, 5.41) is 2.88. The van der Waals surface area contributed by atoms with Crippen LogP contribution in [0, 0.1) is 5.92 Å². The lowest BCUT2D eigenvalue weighted by atomic mass is 9.98. The molecule has 0 spiro atoms. The number of esters is 1. The van der Waals surface area contributed by atoms with Gasteiger partial charge < -0.3 is 10.1 Å². The van der Waals surface area contributed by atoms with E-state index in [1.807, 2.05) is 0 Å². The molecule has 0 saturated carbocycles. The van der Waals surface area contributed by atoms with Crippen molar-refractivity contribution in [2.75, 3.05) is 26.7 Å². The fourth-order valence-electron chi connectivity index (χ4n) is 3.09. The Morgan fingerprint density at radius 2 is 1.75 bits per heavy atom. The molecule has 1 aliphatic rings. The smallest absolute Gasteiger partial charge is 0.348 e. The Morgan fingerprint density at radius 3 is 2.39 bits per heavy atom. The zero-order valence-corrected chi connectivity index (χ0v) is 17.1. The molecule has 9 heteroatoms. The highest BCUT2D eigenvalue weighted by atomic mass is 32.2. The average Bonchev–Trinajstić information content (AvgIpc) is 3.23. The van der Waals surface area contributed by atoms with Gasteiger partial charge in [-0.15, -0.1) is 11.3 Å². The lowest BCUT2D eigenvalue weighted by Crippen LogP contribution is -2.41. The van der Waals surface area contributed by atoms with Crippen LogP contribution in [0.1, 0.15) is 32.2 Å². The van der Waals surface area contributed by atoms with Gasteiger partial charge in [0, 0.05) is 19.6 Å². The van der Waals surface area contributed by atoms with Crippen LogP contribution in [0.3, 0.4) is 0 Å². The number of thiophene rings is 1. The lowest BCUT2D eigenvalue weighted by Gasteiger charge is -2.31. The van der Waals surface area contributed by atoms with E-state index in [0.717, 1.165) is 11.3 Å². The monoisotopic (exact) mass is 422 g/mol. The van der Waals surface area contributed by atoms with Gasteiger partial charge in [-0.25, -0.2) is 13.2 Å². The second-order valence-corrected chi connectivity index (χ2v) is 9.55. The van der Waals surface area contributed by atoms with E-state index in [-0.39, 0.29) is 11.8 Å². The zero-order chi connectivity index (χ0) is 20.1. The lowest BCUT2D eigenvalue weighted by molar-refractivity contribution is 0.0606. The van der Waals surface area contributed by atoms with E-state index < -0.39 is 16.0 Å².